The van der Waals surface area contributed by atoms with Gasteiger partial charge < -0.3 is 9.72 Å². The minimum atomic E-state index is -0.523. The number of imidazole rings is 1. The number of nitrogens with one attached hydrogen (secondary N) is 1. The zero-order valence-corrected chi connectivity index (χ0v) is 18.6. The van der Waals surface area contributed by atoms with E-state index in [1.54, 1.807) is 18.5 Å². The van der Waals surface area contributed by atoms with E-state index >= 15 is 0 Å². The van der Waals surface area contributed by atoms with Crippen molar-refractivity contribution in [1.29, 1.82) is 0 Å². The molecule has 0 saturated carbocycles. The lowest BCUT2D eigenvalue weighted by atomic mass is 10.1. The van der Waals surface area contributed by atoms with Gasteiger partial charge in [0.15, 0.2) is 6.10 Å². The number of nitrogens with zero attached hydrogens (tertiary/aromatic N) is 2. The van der Waals surface area contributed by atoms with Crippen LogP contribution in [0.15, 0.2) is 52.6 Å². The first-order chi connectivity index (χ1) is 13.8. The highest BCUT2D eigenvalue weighted by Crippen LogP contribution is 2.36. The Kier molecular flexibility index (Phi) is 7.22. The van der Waals surface area contributed by atoms with Gasteiger partial charge in [0.1, 0.15) is 10.9 Å². The predicted molar refractivity (Wildman–Crippen MR) is 116 cm³/mol. The Morgan fingerprint density at radius 1 is 1.17 bits per heavy atom. The van der Waals surface area contributed by atoms with E-state index in [0.717, 1.165) is 21.2 Å². The number of aromatic amines is 1. The fourth-order valence-electron chi connectivity index (χ4n) is 2.84. The zero-order chi connectivity index (χ0) is 21.0. The summed E-state index contributed by atoms with van der Waals surface area (Å²) in [5.41, 5.74) is 1.97. The van der Waals surface area contributed by atoms with Crippen LogP contribution in [0.4, 0.5) is 0 Å². The molecule has 1 atom stereocenters. The number of aromatic nitrogens is 3. The van der Waals surface area contributed by atoms with E-state index < -0.39 is 6.10 Å². The van der Waals surface area contributed by atoms with Crippen molar-refractivity contribution in [3.8, 4) is 0 Å². The first-order valence-corrected chi connectivity index (χ1v) is 10.7. The first-order valence-electron chi connectivity index (χ1n) is 9.11. The molecule has 5 nitrogen and oxygen atoms in total. The molecule has 0 spiro atoms. The fraction of sp³-hybridized carbons (Fsp3) is 0.286. The Balaban J connectivity index is 1.94. The summed E-state index contributed by atoms with van der Waals surface area (Å²) in [6.07, 6.45) is 3.41. The van der Waals surface area contributed by atoms with Crippen LogP contribution in [0, 0.1) is 0 Å². The summed E-state index contributed by atoms with van der Waals surface area (Å²) in [5, 5.41) is 1.94. The van der Waals surface area contributed by atoms with Gasteiger partial charge in [0.25, 0.3) is 0 Å². The van der Waals surface area contributed by atoms with Crippen LogP contribution in [0.25, 0.3) is 0 Å². The number of carbonyl (C=O) groups is 1. The van der Waals surface area contributed by atoms with Crippen LogP contribution in [-0.2, 0) is 16.0 Å². The molecule has 0 bridgehead atoms. The summed E-state index contributed by atoms with van der Waals surface area (Å²) in [7, 11) is 0. The zero-order valence-electron chi connectivity index (χ0n) is 16.3. The highest BCUT2D eigenvalue weighted by Gasteiger charge is 2.23. The average Bonchev–Trinajstić information content (AvgIpc) is 3.05. The molecule has 0 aliphatic carbocycles. The number of ether oxygens (including phenoxy) is 1. The Bertz CT molecular complexity index is 973. The minimum absolute atomic E-state index is 0.201. The Morgan fingerprint density at radius 2 is 1.83 bits per heavy atom. The van der Waals surface area contributed by atoms with Crippen molar-refractivity contribution in [1.82, 2.24) is 15.0 Å². The molecule has 1 N–H and O–H groups in total. The number of H-pyrrole nitrogens is 1. The van der Waals surface area contributed by atoms with Crippen LogP contribution < -0.4 is 0 Å². The van der Waals surface area contributed by atoms with Crippen molar-refractivity contribution < 1.29 is 9.53 Å². The molecule has 2 aromatic heterocycles. The number of esters is 1. The van der Waals surface area contributed by atoms with E-state index in [4.69, 9.17) is 32.9 Å². The number of hydrogen-bond donors (Lipinski definition) is 1. The molecule has 1 unspecified atom stereocenters. The third kappa shape index (κ3) is 5.98. The Hall–Kier alpha value is -2.02. The maximum atomic E-state index is 11.7. The normalized spacial score (nSPS) is 12.2. The molecular weight excluding hydrogens is 429 g/mol. The molecule has 1 aromatic carbocycles. The number of hydrogen-bond acceptors (Lipinski definition) is 5. The SMILES string of the molecule is CC(=O)OC(Cc1ccncc1)c1nc(Sc2cc(Cl)cc(Cl)c2)c(C(C)C)[nH]1. The Labute approximate surface area is 184 Å². The number of carbonyl (C=O) groups excluding carboxylic acids is 1. The molecule has 29 heavy (non-hydrogen) atoms. The molecule has 2 heterocycles. The lowest BCUT2D eigenvalue weighted by Crippen LogP contribution is -2.13. The van der Waals surface area contributed by atoms with Gasteiger partial charge in [-0.25, -0.2) is 4.98 Å². The van der Waals surface area contributed by atoms with Gasteiger partial charge in [-0.05, 0) is 41.8 Å². The van der Waals surface area contributed by atoms with E-state index in [1.165, 1.54) is 18.7 Å². The van der Waals surface area contributed by atoms with Crippen molar-refractivity contribution >= 4 is 40.9 Å². The Morgan fingerprint density at radius 3 is 2.41 bits per heavy atom. The van der Waals surface area contributed by atoms with E-state index in [1.807, 2.05) is 24.3 Å². The van der Waals surface area contributed by atoms with Gasteiger partial charge in [-0.15, -0.1) is 0 Å². The molecule has 0 aliphatic rings. The third-order valence-electron chi connectivity index (χ3n) is 4.13. The van der Waals surface area contributed by atoms with Gasteiger partial charge in [-0.1, -0.05) is 48.8 Å². The van der Waals surface area contributed by atoms with Crippen LogP contribution in [-0.4, -0.2) is 20.9 Å². The highest BCUT2D eigenvalue weighted by atomic mass is 35.5. The summed E-state index contributed by atoms with van der Waals surface area (Å²) in [4.78, 5) is 24.8. The van der Waals surface area contributed by atoms with Crippen LogP contribution >= 0.6 is 35.0 Å². The number of halogens is 2. The van der Waals surface area contributed by atoms with Gasteiger partial charge in [0.2, 0.25) is 0 Å². The topological polar surface area (TPSA) is 67.9 Å². The minimum Gasteiger partial charge on any atom is -0.454 e. The number of pyridine rings is 1. The average molecular weight is 450 g/mol. The second-order valence-electron chi connectivity index (χ2n) is 6.86. The van der Waals surface area contributed by atoms with Crippen molar-refractivity contribution in [3.63, 3.8) is 0 Å². The van der Waals surface area contributed by atoms with E-state index in [9.17, 15) is 4.79 Å². The van der Waals surface area contributed by atoms with Crippen molar-refractivity contribution in [2.45, 2.75) is 49.1 Å². The van der Waals surface area contributed by atoms with Gasteiger partial charge in [-0.3, -0.25) is 9.78 Å². The molecule has 0 radical (unpaired) electrons. The van der Waals surface area contributed by atoms with E-state index in [0.29, 0.717) is 22.3 Å². The number of benzene rings is 1. The van der Waals surface area contributed by atoms with Crippen molar-refractivity contribution in [2.75, 3.05) is 0 Å². The predicted octanol–water partition coefficient (Wildman–Crippen LogP) is 6.23. The van der Waals surface area contributed by atoms with E-state index in [-0.39, 0.29) is 11.9 Å². The fourth-order valence-corrected chi connectivity index (χ4v) is 4.63. The first kappa shape index (κ1) is 21.7. The summed E-state index contributed by atoms with van der Waals surface area (Å²) >= 11 is 13.7. The molecular formula is C21H21Cl2N3O2S. The van der Waals surface area contributed by atoms with Gasteiger partial charge >= 0.3 is 5.97 Å². The highest BCUT2D eigenvalue weighted by molar-refractivity contribution is 7.99. The number of rotatable bonds is 7. The van der Waals surface area contributed by atoms with Crippen LogP contribution in [0.1, 0.15) is 49.9 Å². The molecule has 0 saturated heterocycles. The van der Waals surface area contributed by atoms with E-state index in [2.05, 4.69) is 23.8 Å². The standard InChI is InChI=1S/C21H21Cl2N3O2S/c1-12(2)19-21(29-17-10-15(22)9-16(23)11-17)26-20(25-19)18(28-13(3)27)8-14-4-6-24-7-5-14/h4-7,9-12,18H,8H2,1-3H3,(H,25,26). The second-order valence-corrected chi connectivity index (χ2v) is 8.80. The molecule has 152 valence electrons. The smallest absolute Gasteiger partial charge is 0.303 e. The molecule has 0 aliphatic heterocycles. The molecule has 3 rings (SSSR count). The summed E-state index contributed by atoms with van der Waals surface area (Å²) < 4.78 is 5.57. The van der Waals surface area contributed by atoms with Crippen LogP contribution in [0.2, 0.25) is 10.0 Å². The van der Waals surface area contributed by atoms with Crippen molar-refractivity contribution in [2.24, 2.45) is 0 Å². The summed E-state index contributed by atoms with van der Waals surface area (Å²) in [6.45, 7) is 5.56. The molecule has 0 amide bonds. The van der Waals surface area contributed by atoms with Crippen molar-refractivity contribution in [3.05, 3.63) is 69.9 Å². The second kappa shape index (κ2) is 9.65. The maximum absolute atomic E-state index is 11.7. The lowest BCUT2D eigenvalue weighted by Gasteiger charge is -2.15. The third-order valence-corrected chi connectivity index (χ3v) is 5.54. The summed E-state index contributed by atoms with van der Waals surface area (Å²) in [6, 6.07) is 9.17. The quantitative estimate of drug-likeness (QED) is 0.432. The molecule has 3 aromatic rings. The van der Waals surface area contributed by atoms with Crippen LogP contribution in [0.5, 0.6) is 0 Å². The molecule has 0 fully saturated rings. The molecule has 8 heteroatoms. The van der Waals surface area contributed by atoms with Gasteiger partial charge in [-0.2, -0.15) is 0 Å². The van der Waals surface area contributed by atoms with Gasteiger partial charge in [0, 0.05) is 40.7 Å². The largest absolute Gasteiger partial charge is 0.454 e. The maximum Gasteiger partial charge on any atom is 0.303 e. The van der Waals surface area contributed by atoms with Crippen LogP contribution in [0.3, 0.4) is 0 Å². The lowest BCUT2D eigenvalue weighted by molar-refractivity contribution is -0.147. The van der Waals surface area contributed by atoms with Gasteiger partial charge in [0.05, 0.1) is 5.69 Å². The monoisotopic (exact) mass is 449 g/mol. The summed E-state index contributed by atoms with van der Waals surface area (Å²) in [5.74, 6) is 0.450.